The first kappa shape index (κ1) is 20.6. The van der Waals surface area contributed by atoms with Crippen LogP contribution in [0.3, 0.4) is 0 Å². The van der Waals surface area contributed by atoms with Crippen LogP contribution in [-0.2, 0) is 16.0 Å². The molecule has 2 heterocycles. The Hall–Kier alpha value is -3.10. The van der Waals surface area contributed by atoms with E-state index in [1.807, 2.05) is 13.0 Å². The minimum atomic E-state index is -0.359. The average molecular weight is 401 g/mol. The maximum atomic E-state index is 12.2. The molecule has 2 amide bonds. The Labute approximate surface area is 169 Å². The van der Waals surface area contributed by atoms with Gasteiger partial charge in [0.25, 0.3) is 0 Å². The van der Waals surface area contributed by atoms with Gasteiger partial charge in [-0.05, 0) is 37.8 Å². The smallest absolute Gasteiger partial charge is 0.407 e. The van der Waals surface area contributed by atoms with Gasteiger partial charge in [0.15, 0.2) is 5.82 Å². The molecule has 9 heteroatoms. The molecule has 1 fully saturated rings. The van der Waals surface area contributed by atoms with Gasteiger partial charge in [-0.3, -0.25) is 14.9 Å². The fourth-order valence-corrected chi connectivity index (χ4v) is 3.35. The van der Waals surface area contributed by atoms with E-state index in [0.717, 1.165) is 31.4 Å². The van der Waals surface area contributed by atoms with E-state index in [9.17, 15) is 9.59 Å². The van der Waals surface area contributed by atoms with Crippen LogP contribution in [0.2, 0.25) is 0 Å². The van der Waals surface area contributed by atoms with E-state index in [2.05, 4.69) is 25.8 Å². The zero-order valence-corrected chi connectivity index (χ0v) is 16.7. The van der Waals surface area contributed by atoms with Gasteiger partial charge in [-0.1, -0.05) is 6.92 Å². The van der Waals surface area contributed by atoms with Crippen molar-refractivity contribution in [1.29, 1.82) is 0 Å². The second-order valence-electron chi connectivity index (χ2n) is 7.09. The highest BCUT2D eigenvalue weighted by Crippen LogP contribution is 2.35. The minimum Gasteiger partial charge on any atom is -0.495 e. The topological polar surface area (TPSA) is 118 Å². The van der Waals surface area contributed by atoms with Crippen LogP contribution in [0.4, 0.5) is 10.6 Å². The van der Waals surface area contributed by atoms with Crippen molar-refractivity contribution in [2.45, 2.75) is 51.0 Å². The number of anilines is 1. The average Bonchev–Trinajstić information content (AvgIpc) is 3.36. The summed E-state index contributed by atoms with van der Waals surface area (Å²) in [7, 11) is 1.57. The normalized spacial score (nSPS) is 18.3. The van der Waals surface area contributed by atoms with Gasteiger partial charge in [-0.2, -0.15) is 5.10 Å². The number of nitrogens with zero attached hydrogens (tertiary/aromatic N) is 2. The first-order valence-electron chi connectivity index (χ1n) is 9.86. The predicted molar refractivity (Wildman–Crippen MR) is 107 cm³/mol. The number of H-pyrrole nitrogens is 1. The number of rotatable bonds is 8. The van der Waals surface area contributed by atoms with Crippen LogP contribution in [0.25, 0.3) is 0 Å². The zero-order chi connectivity index (χ0) is 20.6. The van der Waals surface area contributed by atoms with Crippen molar-refractivity contribution in [3.8, 4) is 5.75 Å². The molecule has 2 aromatic rings. The highest BCUT2D eigenvalue weighted by molar-refractivity contribution is 5.91. The van der Waals surface area contributed by atoms with Crippen molar-refractivity contribution in [1.82, 2.24) is 20.5 Å². The van der Waals surface area contributed by atoms with Gasteiger partial charge in [-0.15, -0.1) is 0 Å². The van der Waals surface area contributed by atoms with Gasteiger partial charge in [-0.25, -0.2) is 4.79 Å². The van der Waals surface area contributed by atoms with Crippen molar-refractivity contribution < 1.29 is 19.1 Å². The standard InChI is InChI=1S/C20H27N5O4/c1-3-8-21-20(27)29-15-6-4-13(9-15)17-11-18(25-24-17)23-19(26)10-14-5-7-16(28-2)12-22-14/h5,7,11-13,15H,3-4,6,8-10H2,1-2H3,(H,21,27)(H2,23,24,25,26)/t13-,15+/m0/s1. The molecule has 9 nitrogen and oxygen atoms in total. The Morgan fingerprint density at radius 3 is 2.90 bits per heavy atom. The van der Waals surface area contributed by atoms with E-state index in [1.165, 1.54) is 0 Å². The van der Waals surface area contributed by atoms with Crippen LogP contribution in [0.15, 0.2) is 24.4 Å². The third-order valence-electron chi connectivity index (χ3n) is 4.86. The number of hydrogen-bond acceptors (Lipinski definition) is 6. The van der Waals surface area contributed by atoms with Gasteiger partial charge in [0.1, 0.15) is 11.9 Å². The molecule has 1 aliphatic rings. The fraction of sp³-hybridized carbons (Fsp3) is 0.500. The Balaban J connectivity index is 1.47. The molecule has 1 saturated carbocycles. The summed E-state index contributed by atoms with van der Waals surface area (Å²) in [5.41, 5.74) is 1.58. The lowest BCUT2D eigenvalue weighted by atomic mass is 10.0. The molecule has 29 heavy (non-hydrogen) atoms. The molecule has 2 atom stereocenters. The van der Waals surface area contributed by atoms with Crippen LogP contribution >= 0.6 is 0 Å². The van der Waals surface area contributed by atoms with Crippen LogP contribution in [-0.4, -0.2) is 46.9 Å². The number of nitrogens with one attached hydrogen (secondary N) is 3. The molecular formula is C20H27N5O4. The molecule has 3 rings (SSSR count). The highest BCUT2D eigenvalue weighted by atomic mass is 16.6. The number of aromatic nitrogens is 3. The zero-order valence-electron chi connectivity index (χ0n) is 16.7. The maximum Gasteiger partial charge on any atom is 0.407 e. The monoisotopic (exact) mass is 401 g/mol. The first-order valence-corrected chi connectivity index (χ1v) is 9.86. The molecule has 156 valence electrons. The third kappa shape index (κ3) is 5.94. The minimum absolute atomic E-state index is 0.0978. The SMILES string of the molecule is CCCNC(=O)O[C@@H]1CC[C@H](c2cc(NC(=O)Cc3ccc(OC)cn3)n[nH]2)C1. The van der Waals surface area contributed by atoms with Gasteiger partial charge >= 0.3 is 6.09 Å². The van der Waals surface area contributed by atoms with Crippen LogP contribution < -0.4 is 15.4 Å². The van der Waals surface area contributed by atoms with Gasteiger partial charge < -0.3 is 20.1 Å². The number of amides is 2. The molecule has 0 aliphatic heterocycles. The van der Waals surface area contributed by atoms with Gasteiger partial charge in [0, 0.05) is 29.9 Å². The molecule has 2 aromatic heterocycles. The number of alkyl carbamates (subject to hydrolysis) is 1. The van der Waals surface area contributed by atoms with E-state index in [1.54, 1.807) is 25.4 Å². The Bertz CT molecular complexity index is 821. The number of carbonyl (C=O) groups excluding carboxylic acids is 2. The summed E-state index contributed by atoms with van der Waals surface area (Å²) in [4.78, 5) is 28.1. The van der Waals surface area contributed by atoms with E-state index in [4.69, 9.17) is 9.47 Å². The fourth-order valence-electron chi connectivity index (χ4n) is 3.35. The molecule has 1 aliphatic carbocycles. The summed E-state index contributed by atoms with van der Waals surface area (Å²) in [5, 5.41) is 12.7. The third-order valence-corrected chi connectivity index (χ3v) is 4.86. The molecule has 0 spiro atoms. The lowest BCUT2D eigenvalue weighted by Gasteiger charge is -2.12. The number of ether oxygens (including phenoxy) is 2. The van der Waals surface area contributed by atoms with Crippen molar-refractivity contribution >= 4 is 17.8 Å². The summed E-state index contributed by atoms with van der Waals surface area (Å²) in [5.74, 6) is 1.15. The summed E-state index contributed by atoms with van der Waals surface area (Å²) in [6.45, 7) is 2.61. The number of methoxy groups -OCH3 is 1. The Morgan fingerprint density at radius 2 is 2.17 bits per heavy atom. The predicted octanol–water partition coefficient (Wildman–Crippen LogP) is 2.77. The lowest BCUT2D eigenvalue weighted by molar-refractivity contribution is -0.115. The number of pyridine rings is 1. The maximum absolute atomic E-state index is 12.2. The van der Waals surface area contributed by atoms with Crippen molar-refractivity contribution in [2.24, 2.45) is 0 Å². The van der Waals surface area contributed by atoms with E-state index in [0.29, 0.717) is 23.8 Å². The molecule has 0 aromatic carbocycles. The summed E-state index contributed by atoms with van der Waals surface area (Å²) in [6, 6.07) is 5.36. The van der Waals surface area contributed by atoms with Crippen molar-refractivity contribution in [3.63, 3.8) is 0 Å². The largest absolute Gasteiger partial charge is 0.495 e. The van der Waals surface area contributed by atoms with E-state index < -0.39 is 0 Å². The summed E-state index contributed by atoms with van der Waals surface area (Å²) < 4.78 is 10.5. The lowest BCUT2D eigenvalue weighted by Crippen LogP contribution is -2.28. The van der Waals surface area contributed by atoms with E-state index in [-0.39, 0.29) is 30.4 Å². The van der Waals surface area contributed by atoms with Crippen molar-refractivity contribution in [2.75, 3.05) is 19.0 Å². The molecule has 0 saturated heterocycles. The quantitative estimate of drug-likeness (QED) is 0.626. The second kappa shape index (κ2) is 9.90. The molecule has 3 N–H and O–H groups in total. The molecule has 0 radical (unpaired) electrons. The van der Waals surface area contributed by atoms with Crippen molar-refractivity contribution in [3.05, 3.63) is 35.8 Å². The molecular weight excluding hydrogens is 374 g/mol. The Kier molecular flexibility index (Phi) is 7.04. The summed E-state index contributed by atoms with van der Waals surface area (Å²) in [6.07, 6.45) is 4.60. The van der Waals surface area contributed by atoms with E-state index >= 15 is 0 Å². The highest BCUT2D eigenvalue weighted by Gasteiger charge is 2.30. The summed E-state index contributed by atoms with van der Waals surface area (Å²) >= 11 is 0. The second-order valence-corrected chi connectivity index (χ2v) is 7.09. The first-order chi connectivity index (χ1) is 14.1. The molecule has 0 unspecified atom stereocenters. The molecule has 0 bridgehead atoms. The van der Waals surface area contributed by atoms with Crippen LogP contribution in [0.1, 0.15) is 49.9 Å². The number of aromatic amines is 1. The van der Waals surface area contributed by atoms with Gasteiger partial charge in [0.2, 0.25) is 5.91 Å². The van der Waals surface area contributed by atoms with Gasteiger partial charge in [0.05, 0.1) is 19.7 Å². The number of hydrogen-bond donors (Lipinski definition) is 3. The Morgan fingerprint density at radius 1 is 1.31 bits per heavy atom. The van der Waals surface area contributed by atoms with Crippen LogP contribution in [0, 0.1) is 0 Å². The number of carbonyl (C=O) groups is 2. The van der Waals surface area contributed by atoms with Crippen LogP contribution in [0.5, 0.6) is 5.75 Å².